The zero-order valence-corrected chi connectivity index (χ0v) is 24.0. The molecule has 3 heterocycles. The van der Waals surface area contributed by atoms with Crippen LogP contribution in [-0.2, 0) is 5.41 Å². The summed E-state index contributed by atoms with van der Waals surface area (Å²) in [6.45, 7) is 4.26. The lowest BCUT2D eigenvalue weighted by molar-refractivity contribution is -0.384. The minimum Gasteiger partial charge on any atom is -0.494 e. The second kappa shape index (κ2) is 11.2. The smallest absolute Gasteiger partial charge is 0.294 e. The van der Waals surface area contributed by atoms with Crippen molar-refractivity contribution >= 4 is 34.5 Å². The first kappa shape index (κ1) is 27.6. The van der Waals surface area contributed by atoms with Crippen LogP contribution in [-0.4, -0.2) is 72.7 Å². The minimum atomic E-state index is -0.372. The summed E-state index contributed by atoms with van der Waals surface area (Å²) < 4.78 is 5.64. The quantitative estimate of drug-likeness (QED) is 0.284. The summed E-state index contributed by atoms with van der Waals surface area (Å²) >= 11 is 0. The summed E-state index contributed by atoms with van der Waals surface area (Å²) in [5.74, 6) is 1.57. The molecule has 3 aromatic rings. The molecule has 1 spiro atoms. The fraction of sp³-hybridized carbons (Fsp3) is 0.483. The molecule has 1 saturated carbocycles. The maximum Gasteiger partial charge on any atom is 0.294 e. The first-order valence-corrected chi connectivity index (χ1v) is 13.8. The van der Waals surface area contributed by atoms with E-state index >= 15 is 0 Å². The Hall–Kier alpha value is -3.99. The number of likely N-dealkylation sites (N-methyl/N-ethyl adjacent to an activating group) is 2. The molecule has 11 heteroatoms. The molecule has 0 unspecified atom stereocenters. The van der Waals surface area contributed by atoms with Crippen LogP contribution in [0.5, 0.6) is 5.75 Å². The summed E-state index contributed by atoms with van der Waals surface area (Å²) in [6, 6.07) is 9.28. The van der Waals surface area contributed by atoms with Gasteiger partial charge in [0.1, 0.15) is 17.3 Å². The molecule has 0 saturated heterocycles. The number of methoxy groups -OCH3 is 1. The molecule has 0 atom stereocenters. The summed E-state index contributed by atoms with van der Waals surface area (Å²) in [5, 5.41) is 15.2. The number of benzene rings is 1. The molecule has 1 aromatic carbocycles. The van der Waals surface area contributed by atoms with E-state index in [0.717, 1.165) is 43.1 Å². The molecule has 5 rings (SSSR count). The Kier molecular flexibility index (Phi) is 7.75. The highest BCUT2D eigenvalue weighted by atomic mass is 16.6. The van der Waals surface area contributed by atoms with Gasteiger partial charge in [0.15, 0.2) is 0 Å². The number of aryl methyl sites for hydroxylation is 1. The Bertz CT molecular complexity index is 1390. The zero-order chi connectivity index (χ0) is 28.4. The van der Waals surface area contributed by atoms with E-state index in [1.54, 1.807) is 19.4 Å². The fourth-order valence-corrected chi connectivity index (χ4v) is 5.87. The van der Waals surface area contributed by atoms with Crippen molar-refractivity contribution in [3.05, 3.63) is 58.0 Å². The number of ether oxygens (including phenoxy) is 1. The van der Waals surface area contributed by atoms with E-state index in [1.807, 2.05) is 43.9 Å². The van der Waals surface area contributed by atoms with Crippen LogP contribution in [0.4, 0.5) is 34.5 Å². The van der Waals surface area contributed by atoms with Gasteiger partial charge in [-0.05, 0) is 52.1 Å². The van der Waals surface area contributed by atoms with Crippen LogP contribution >= 0.6 is 0 Å². The Morgan fingerprint density at radius 1 is 1.10 bits per heavy atom. The van der Waals surface area contributed by atoms with Crippen LogP contribution < -0.4 is 19.9 Å². The average molecular weight is 547 g/mol. The van der Waals surface area contributed by atoms with Gasteiger partial charge in [-0.3, -0.25) is 15.1 Å². The van der Waals surface area contributed by atoms with Gasteiger partial charge in [0.25, 0.3) is 5.69 Å². The van der Waals surface area contributed by atoms with Crippen molar-refractivity contribution in [3.8, 4) is 5.75 Å². The number of nitrogens with one attached hydrogen (secondary N) is 1. The standard InChI is InChI=1S/C29H38N8O3/c1-20-9-10-22-27(31-20)29(12-7-6-8-13-29)19-36(22)26-11-14-30-28(33-26)32-21-17-24(37(38)39)23(18-25(21)40-5)35(4)16-15-34(2)3/h9-11,14,17-18H,6-8,12-13,15-16,19H2,1-5H3,(H,30,32,33). The number of anilines is 5. The van der Waals surface area contributed by atoms with Gasteiger partial charge < -0.3 is 24.8 Å². The highest BCUT2D eigenvalue weighted by Crippen LogP contribution is 2.50. The monoisotopic (exact) mass is 546 g/mol. The highest BCUT2D eigenvalue weighted by Gasteiger charge is 2.45. The molecule has 1 aliphatic carbocycles. The third-order valence-corrected chi connectivity index (χ3v) is 8.03. The molecule has 1 fully saturated rings. The summed E-state index contributed by atoms with van der Waals surface area (Å²) in [5.41, 5.74) is 4.23. The highest BCUT2D eigenvalue weighted by molar-refractivity contribution is 5.77. The summed E-state index contributed by atoms with van der Waals surface area (Å²) in [7, 11) is 7.33. The van der Waals surface area contributed by atoms with E-state index < -0.39 is 0 Å². The summed E-state index contributed by atoms with van der Waals surface area (Å²) in [4.78, 5) is 32.1. The van der Waals surface area contributed by atoms with Gasteiger partial charge in [0.2, 0.25) is 5.95 Å². The molecule has 212 valence electrons. The SMILES string of the molecule is COc1cc(N(C)CCN(C)C)c([N+](=O)[O-])cc1Nc1nccc(N2CC3(CCCCC3)c3nc(C)ccc32)n1. The van der Waals surface area contributed by atoms with Gasteiger partial charge in [-0.15, -0.1) is 0 Å². The van der Waals surface area contributed by atoms with Gasteiger partial charge in [-0.1, -0.05) is 19.3 Å². The molecule has 40 heavy (non-hydrogen) atoms. The zero-order valence-electron chi connectivity index (χ0n) is 24.0. The molecule has 2 aliphatic rings. The molecule has 1 N–H and O–H groups in total. The lowest BCUT2D eigenvalue weighted by Crippen LogP contribution is -2.34. The van der Waals surface area contributed by atoms with E-state index in [2.05, 4.69) is 27.3 Å². The molecule has 11 nitrogen and oxygen atoms in total. The molecule has 0 bridgehead atoms. The van der Waals surface area contributed by atoms with Crippen LogP contribution in [0.3, 0.4) is 0 Å². The third-order valence-electron chi connectivity index (χ3n) is 8.03. The minimum absolute atomic E-state index is 0.0186. The van der Waals surface area contributed by atoms with E-state index in [-0.39, 0.29) is 16.0 Å². The number of rotatable bonds is 9. The largest absolute Gasteiger partial charge is 0.494 e. The van der Waals surface area contributed by atoms with Gasteiger partial charge in [0.05, 0.1) is 29.1 Å². The number of pyridine rings is 1. The van der Waals surface area contributed by atoms with Crippen LogP contribution in [0.2, 0.25) is 0 Å². The van der Waals surface area contributed by atoms with Crippen molar-refractivity contribution in [3.63, 3.8) is 0 Å². The third kappa shape index (κ3) is 5.38. The van der Waals surface area contributed by atoms with E-state index in [1.165, 1.54) is 31.0 Å². The average Bonchev–Trinajstić information content (AvgIpc) is 3.24. The maximum absolute atomic E-state index is 12.0. The van der Waals surface area contributed by atoms with Crippen molar-refractivity contribution in [1.29, 1.82) is 0 Å². The van der Waals surface area contributed by atoms with Crippen LogP contribution in [0.25, 0.3) is 0 Å². The molecular formula is C29H38N8O3. The Labute approximate surface area is 235 Å². The summed E-state index contributed by atoms with van der Waals surface area (Å²) in [6.07, 6.45) is 7.64. The maximum atomic E-state index is 12.0. The number of nitro groups is 1. The lowest BCUT2D eigenvalue weighted by Gasteiger charge is -2.33. The molecule has 0 radical (unpaired) electrons. The van der Waals surface area contributed by atoms with E-state index in [0.29, 0.717) is 29.6 Å². The number of fused-ring (bicyclic) bond motifs is 2. The first-order valence-electron chi connectivity index (χ1n) is 13.8. The number of hydrogen-bond acceptors (Lipinski definition) is 10. The second-order valence-corrected chi connectivity index (χ2v) is 11.1. The van der Waals surface area contributed by atoms with Crippen molar-refractivity contribution < 1.29 is 9.66 Å². The van der Waals surface area contributed by atoms with Gasteiger partial charge in [-0.25, -0.2) is 4.98 Å². The van der Waals surface area contributed by atoms with Crippen molar-refractivity contribution in [2.75, 3.05) is 63.0 Å². The number of nitrogens with zero attached hydrogens (tertiary/aromatic N) is 7. The predicted octanol–water partition coefficient (Wildman–Crippen LogP) is 5.19. The van der Waals surface area contributed by atoms with Crippen molar-refractivity contribution in [2.45, 2.75) is 44.4 Å². The molecule has 2 aromatic heterocycles. The molecule has 1 aliphatic heterocycles. The second-order valence-electron chi connectivity index (χ2n) is 11.1. The topological polar surface area (TPSA) is 113 Å². The lowest BCUT2D eigenvalue weighted by atomic mass is 9.73. The van der Waals surface area contributed by atoms with Crippen LogP contribution in [0.15, 0.2) is 36.5 Å². The van der Waals surface area contributed by atoms with Gasteiger partial charge in [0, 0.05) is 56.1 Å². The first-order chi connectivity index (χ1) is 19.2. The number of aromatic nitrogens is 3. The fourth-order valence-electron chi connectivity index (χ4n) is 5.87. The normalized spacial score (nSPS) is 15.8. The molecule has 0 amide bonds. The van der Waals surface area contributed by atoms with E-state index in [9.17, 15) is 10.1 Å². The van der Waals surface area contributed by atoms with Crippen molar-refractivity contribution in [1.82, 2.24) is 19.9 Å². The molecular weight excluding hydrogens is 508 g/mol. The van der Waals surface area contributed by atoms with Gasteiger partial charge >= 0.3 is 0 Å². The van der Waals surface area contributed by atoms with E-state index in [4.69, 9.17) is 14.7 Å². The van der Waals surface area contributed by atoms with Crippen molar-refractivity contribution in [2.24, 2.45) is 0 Å². The Balaban J connectivity index is 1.46. The van der Waals surface area contributed by atoms with Gasteiger partial charge in [-0.2, -0.15) is 4.98 Å². The van der Waals surface area contributed by atoms with Crippen LogP contribution in [0.1, 0.15) is 43.5 Å². The number of nitro benzene ring substituents is 1. The Morgan fingerprint density at radius 2 is 1.88 bits per heavy atom. The predicted molar refractivity (Wildman–Crippen MR) is 158 cm³/mol. The van der Waals surface area contributed by atoms with Crippen LogP contribution in [0, 0.1) is 17.0 Å². The Morgan fingerprint density at radius 3 is 2.58 bits per heavy atom. The number of hydrogen-bond donors (Lipinski definition) is 1.